The number of nitrogens with one attached hydrogen (secondary N) is 1. The van der Waals surface area contributed by atoms with E-state index in [1.54, 1.807) is 0 Å². The number of rotatable bonds is 4. The van der Waals surface area contributed by atoms with Gasteiger partial charge in [-0.2, -0.15) is 0 Å². The van der Waals surface area contributed by atoms with E-state index >= 15 is 0 Å². The third-order valence-corrected chi connectivity index (χ3v) is 2.59. The van der Waals surface area contributed by atoms with Crippen LogP contribution < -0.4 is 5.32 Å². The van der Waals surface area contributed by atoms with Crippen molar-refractivity contribution in [3.05, 3.63) is 0 Å². The molecule has 0 saturated heterocycles. The molecule has 3 heteroatoms. The van der Waals surface area contributed by atoms with Crippen molar-refractivity contribution in [3.8, 4) is 0 Å². The molecule has 0 atom stereocenters. The van der Waals surface area contributed by atoms with E-state index in [0.717, 1.165) is 18.8 Å². The number of hydrogen-bond donors (Lipinski definition) is 2. The Kier molecular flexibility index (Phi) is 3.53. The van der Waals surface area contributed by atoms with Crippen LogP contribution in [0.4, 0.5) is 0 Å². The molecule has 0 bridgehead atoms. The van der Waals surface area contributed by atoms with Crippen LogP contribution in [0.2, 0.25) is 0 Å². The Morgan fingerprint density at radius 3 is 2.75 bits per heavy atom. The SMILES string of the molecule is CCC1CC(C(=O)NCCO)C1. The summed E-state index contributed by atoms with van der Waals surface area (Å²) in [6.07, 6.45) is 3.26. The molecule has 1 rings (SSSR count). The number of hydrogen-bond acceptors (Lipinski definition) is 2. The van der Waals surface area contributed by atoms with Crippen LogP contribution in [-0.2, 0) is 4.79 Å². The average molecular weight is 171 g/mol. The Bertz CT molecular complexity index is 153. The first kappa shape index (κ1) is 9.52. The van der Waals surface area contributed by atoms with Crippen LogP contribution in [0.3, 0.4) is 0 Å². The van der Waals surface area contributed by atoms with E-state index in [-0.39, 0.29) is 18.4 Å². The third-order valence-electron chi connectivity index (χ3n) is 2.59. The largest absolute Gasteiger partial charge is 0.395 e. The van der Waals surface area contributed by atoms with Crippen molar-refractivity contribution >= 4 is 5.91 Å². The second-order valence-corrected chi connectivity index (χ2v) is 3.46. The smallest absolute Gasteiger partial charge is 0.223 e. The topological polar surface area (TPSA) is 49.3 Å². The Hall–Kier alpha value is -0.570. The van der Waals surface area contributed by atoms with Crippen LogP contribution in [-0.4, -0.2) is 24.2 Å². The number of aliphatic hydroxyl groups is 1. The molecule has 0 spiro atoms. The summed E-state index contributed by atoms with van der Waals surface area (Å²) in [7, 11) is 0. The maximum Gasteiger partial charge on any atom is 0.223 e. The molecule has 0 radical (unpaired) electrons. The maximum absolute atomic E-state index is 11.2. The van der Waals surface area contributed by atoms with Gasteiger partial charge in [-0.15, -0.1) is 0 Å². The van der Waals surface area contributed by atoms with E-state index in [0.29, 0.717) is 6.54 Å². The molecule has 0 aliphatic heterocycles. The van der Waals surface area contributed by atoms with Crippen molar-refractivity contribution < 1.29 is 9.90 Å². The molecule has 12 heavy (non-hydrogen) atoms. The van der Waals surface area contributed by atoms with Gasteiger partial charge < -0.3 is 10.4 Å². The second kappa shape index (κ2) is 4.45. The highest BCUT2D eigenvalue weighted by atomic mass is 16.3. The molecule has 1 fully saturated rings. The lowest BCUT2D eigenvalue weighted by atomic mass is 9.73. The summed E-state index contributed by atoms with van der Waals surface area (Å²) in [4.78, 5) is 11.2. The molecule has 70 valence electrons. The van der Waals surface area contributed by atoms with Crippen LogP contribution in [0.25, 0.3) is 0 Å². The summed E-state index contributed by atoms with van der Waals surface area (Å²) < 4.78 is 0. The quantitative estimate of drug-likeness (QED) is 0.648. The molecule has 1 aliphatic rings. The minimum absolute atomic E-state index is 0.0374. The van der Waals surface area contributed by atoms with Crippen LogP contribution in [0.1, 0.15) is 26.2 Å². The molecule has 0 unspecified atom stereocenters. The van der Waals surface area contributed by atoms with Crippen molar-refractivity contribution in [1.82, 2.24) is 5.32 Å². The summed E-state index contributed by atoms with van der Waals surface area (Å²) >= 11 is 0. The van der Waals surface area contributed by atoms with Crippen molar-refractivity contribution in [2.24, 2.45) is 11.8 Å². The van der Waals surface area contributed by atoms with E-state index in [2.05, 4.69) is 12.2 Å². The third kappa shape index (κ3) is 2.21. The van der Waals surface area contributed by atoms with E-state index in [1.165, 1.54) is 6.42 Å². The van der Waals surface area contributed by atoms with E-state index in [1.807, 2.05) is 0 Å². The summed E-state index contributed by atoms with van der Waals surface area (Å²) in [6, 6.07) is 0. The Labute approximate surface area is 73.2 Å². The first-order valence-electron chi connectivity index (χ1n) is 4.66. The summed E-state index contributed by atoms with van der Waals surface area (Å²) in [5.74, 6) is 1.10. The number of aliphatic hydroxyl groups excluding tert-OH is 1. The van der Waals surface area contributed by atoms with Crippen LogP contribution >= 0.6 is 0 Å². The number of amides is 1. The summed E-state index contributed by atoms with van der Waals surface area (Å²) in [5, 5.41) is 11.2. The fourth-order valence-corrected chi connectivity index (χ4v) is 1.61. The Balaban J connectivity index is 2.11. The van der Waals surface area contributed by atoms with Gasteiger partial charge in [0.1, 0.15) is 0 Å². The van der Waals surface area contributed by atoms with Gasteiger partial charge in [-0.1, -0.05) is 13.3 Å². The molecule has 2 N–H and O–H groups in total. The second-order valence-electron chi connectivity index (χ2n) is 3.46. The first-order valence-corrected chi connectivity index (χ1v) is 4.66. The monoisotopic (exact) mass is 171 g/mol. The highest BCUT2D eigenvalue weighted by Gasteiger charge is 2.32. The molecule has 0 aromatic carbocycles. The first-order chi connectivity index (χ1) is 5.77. The number of carbonyl (C=O) groups excluding carboxylic acids is 1. The zero-order valence-corrected chi connectivity index (χ0v) is 7.55. The maximum atomic E-state index is 11.2. The molecule has 0 heterocycles. The lowest BCUT2D eigenvalue weighted by Crippen LogP contribution is -2.39. The molecule has 3 nitrogen and oxygen atoms in total. The summed E-state index contributed by atoms with van der Waals surface area (Å²) in [5.41, 5.74) is 0. The van der Waals surface area contributed by atoms with Gasteiger partial charge in [0.05, 0.1) is 6.61 Å². The van der Waals surface area contributed by atoms with E-state index in [4.69, 9.17) is 5.11 Å². The van der Waals surface area contributed by atoms with Gasteiger partial charge in [-0.25, -0.2) is 0 Å². The van der Waals surface area contributed by atoms with Crippen LogP contribution in [0, 0.1) is 11.8 Å². The standard InChI is InChI=1S/C9H17NO2/c1-2-7-5-8(6-7)9(12)10-3-4-11/h7-8,11H,2-6H2,1H3,(H,10,12). The van der Waals surface area contributed by atoms with Gasteiger partial charge in [-0.05, 0) is 18.8 Å². The molecule has 1 aliphatic carbocycles. The van der Waals surface area contributed by atoms with Crippen molar-refractivity contribution in [1.29, 1.82) is 0 Å². The molecule has 1 amide bonds. The highest BCUT2D eigenvalue weighted by molar-refractivity contribution is 5.79. The minimum atomic E-state index is 0.0374. The molecular weight excluding hydrogens is 154 g/mol. The van der Waals surface area contributed by atoms with Gasteiger partial charge in [0.2, 0.25) is 5.91 Å². The summed E-state index contributed by atoms with van der Waals surface area (Å²) in [6.45, 7) is 2.59. The lowest BCUT2D eigenvalue weighted by Gasteiger charge is -2.33. The lowest BCUT2D eigenvalue weighted by molar-refractivity contribution is -0.129. The van der Waals surface area contributed by atoms with Crippen molar-refractivity contribution in [2.75, 3.05) is 13.2 Å². The Morgan fingerprint density at radius 2 is 2.25 bits per heavy atom. The minimum Gasteiger partial charge on any atom is -0.395 e. The predicted molar refractivity (Wildman–Crippen MR) is 46.6 cm³/mol. The normalized spacial score (nSPS) is 27.8. The fourth-order valence-electron chi connectivity index (χ4n) is 1.61. The van der Waals surface area contributed by atoms with Gasteiger partial charge in [0.15, 0.2) is 0 Å². The van der Waals surface area contributed by atoms with Gasteiger partial charge in [0, 0.05) is 12.5 Å². The fraction of sp³-hybridized carbons (Fsp3) is 0.889. The van der Waals surface area contributed by atoms with Crippen LogP contribution in [0.15, 0.2) is 0 Å². The zero-order chi connectivity index (χ0) is 8.97. The van der Waals surface area contributed by atoms with Crippen molar-refractivity contribution in [2.45, 2.75) is 26.2 Å². The molecule has 0 aromatic heterocycles. The Morgan fingerprint density at radius 1 is 1.58 bits per heavy atom. The average Bonchev–Trinajstić information content (AvgIpc) is 1.99. The van der Waals surface area contributed by atoms with Gasteiger partial charge in [0.25, 0.3) is 0 Å². The van der Waals surface area contributed by atoms with Gasteiger partial charge in [-0.3, -0.25) is 4.79 Å². The van der Waals surface area contributed by atoms with E-state index in [9.17, 15) is 4.79 Å². The number of carbonyl (C=O) groups is 1. The van der Waals surface area contributed by atoms with E-state index < -0.39 is 0 Å². The molecule has 1 saturated carbocycles. The zero-order valence-electron chi connectivity index (χ0n) is 7.55. The molecular formula is C9H17NO2. The molecule has 0 aromatic rings. The predicted octanol–water partition coefficient (Wildman–Crippen LogP) is 0.531. The van der Waals surface area contributed by atoms with Crippen molar-refractivity contribution in [3.63, 3.8) is 0 Å². The highest BCUT2D eigenvalue weighted by Crippen LogP contribution is 2.35. The van der Waals surface area contributed by atoms with Crippen LogP contribution in [0.5, 0.6) is 0 Å². The van der Waals surface area contributed by atoms with Gasteiger partial charge >= 0.3 is 0 Å².